The molecule has 0 bridgehead atoms. The molecule has 24 nitrogen and oxygen atoms in total. The number of aromatic amines is 1. The quantitative estimate of drug-likeness (QED) is 0.0228. The van der Waals surface area contributed by atoms with E-state index in [-0.39, 0.29) is 124 Å². The minimum absolute atomic E-state index is 0.0493. The standard InChI is InChI=1S/C63H88N12O12/c1-6-67-61(86)52-14-10-24-75(52)62(87)41(12-9-23-68-63(64)65)29-53(78)42(25-36(2)3)30-54(79)43(26-37(4)5)31-55(80)48(27-38-15-19-45(77)20-16-38)71-60(85)51(34-76)74-58(83)49(28-40-18-17-39-11-7-8-13-46(39)40)72-59(84)50(32-44-33-66-35-69-44)73-57(82)47-21-22-56(81)70-47/h7-8,11,13,15-16,18-20,33,35-37,41-43,47-52,76-77H,6,9-10,12,14,17,21-32,34H2,1-5H3,(H,66,69)(H,67,86)(H,70,81)(H,71,85)(H,72,84)(H,73,82)(H,74,83)(H4,64,65,68)/t41-,42-,43+,47+,48+,49+,50+,51+,52?/m1/s1. The number of likely N-dealkylation sites (tertiary alicyclic amines) is 1. The Hall–Kier alpha value is -8.28. The van der Waals surface area contributed by atoms with Gasteiger partial charge < -0.3 is 63.5 Å². The molecule has 13 N–H and O–H groups in total. The van der Waals surface area contributed by atoms with Crippen LogP contribution in [0.2, 0.25) is 0 Å². The highest BCUT2D eigenvalue weighted by atomic mass is 16.3. The van der Waals surface area contributed by atoms with Crippen LogP contribution in [-0.2, 0) is 67.2 Å². The highest BCUT2D eigenvalue weighted by Gasteiger charge is 2.40. The molecule has 472 valence electrons. The monoisotopic (exact) mass is 1200 g/mol. The van der Waals surface area contributed by atoms with Crippen molar-refractivity contribution in [3.63, 3.8) is 0 Å². The van der Waals surface area contributed by atoms with Gasteiger partial charge in [-0.2, -0.15) is 0 Å². The molecule has 2 saturated heterocycles. The van der Waals surface area contributed by atoms with Crippen LogP contribution >= 0.6 is 0 Å². The van der Waals surface area contributed by atoms with E-state index in [9.17, 15) is 58.2 Å². The molecule has 3 aromatic rings. The van der Waals surface area contributed by atoms with Crippen molar-refractivity contribution >= 4 is 70.2 Å². The summed E-state index contributed by atoms with van der Waals surface area (Å²) in [6.07, 6.45) is 6.84. The molecule has 3 aliphatic rings. The average Bonchev–Trinajstić information content (AvgIpc) is 2.54. The van der Waals surface area contributed by atoms with Crippen LogP contribution in [0.25, 0.3) is 5.57 Å². The summed E-state index contributed by atoms with van der Waals surface area (Å²) in [5, 5.41) is 37.1. The number of hydrogen-bond acceptors (Lipinski definition) is 14. The Bertz CT molecular complexity index is 2960. The number of aromatic nitrogens is 2. The zero-order valence-corrected chi connectivity index (χ0v) is 50.6. The Morgan fingerprint density at radius 3 is 1.98 bits per heavy atom. The maximum absolute atomic E-state index is 14.8. The maximum atomic E-state index is 14.8. The van der Waals surface area contributed by atoms with Gasteiger partial charge in [-0.25, -0.2) is 4.98 Å². The molecule has 7 amide bonds. The van der Waals surface area contributed by atoms with Gasteiger partial charge >= 0.3 is 0 Å². The van der Waals surface area contributed by atoms with Crippen LogP contribution in [0.4, 0.5) is 0 Å². The van der Waals surface area contributed by atoms with Gasteiger partial charge in [0, 0.05) is 87.8 Å². The average molecular weight is 1210 g/mol. The van der Waals surface area contributed by atoms with Crippen molar-refractivity contribution in [3.8, 4) is 5.75 Å². The predicted octanol–water partition coefficient (Wildman–Crippen LogP) is 2.14. The minimum atomic E-state index is -1.69. The van der Waals surface area contributed by atoms with Crippen molar-refractivity contribution < 1.29 is 58.2 Å². The van der Waals surface area contributed by atoms with Gasteiger partial charge in [0.2, 0.25) is 41.4 Å². The highest BCUT2D eigenvalue weighted by Crippen LogP contribution is 2.32. The van der Waals surface area contributed by atoms with E-state index in [4.69, 9.17) is 11.5 Å². The number of likely N-dealkylation sites (N-methyl/N-ethyl adjacent to an activating group) is 1. The number of carbonyl (C=O) groups is 10. The summed E-state index contributed by atoms with van der Waals surface area (Å²) < 4.78 is 0. The Kier molecular flexibility index (Phi) is 25.7. The molecular weight excluding hydrogens is 1120 g/mol. The van der Waals surface area contributed by atoms with Gasteiger partial charge in [-0.05, 0) is 111 Å². The fourth-order valence-corrected chi connectivity index (χ4v) is 11.7. The van der Waals surface area contributed by atoms with Gasteiger partial charge in [-0.3, -0.25) is 52.9 Å². The lowest BCUT2D eigenvalue weighted by Gasteiger charge is -2.29. The number of aliphatic hydroxyl groups excluding tert-OH is 1. The number of amides is 7. The highest BCUT2D eigenvalue weighted by molar-refractivity contribution is 5.99. The van der Waals surface area contributed by atoms with Crippen LogP contribution in [-0.4, -0.2) is 152 Å². The van der Waals surface area contributed by atoms with Crippen molar-refractivity contribution in [2.45, 2.75) is 167 Å². The first kappa shape index (κ1) is 67.8. The molecule has 87 heavy (non-hydrogen) atoms. The number of hydrogen-bond donors (Lipinski definition) is 11. The van der Waals surface area contributed by atoms with Crippen molar-refractivity contribution in [2.75, 3.05) is 26.2 Å². The second kappa shape index (κ2) is 33.0. The van der Waals surface area contributed by atoms with Crippen LogP contribution in [0.1, 0.15) is 134 Å². The van der Waals surface area contributed by atoms with E-state index in [0.717, 1.165) is 11.1 Å². The third-order valence-corrected chi connectivity index (χ3v) is 16.1. The molecule has 2 aliphatic heterocycles. The largest absolute Gasteiger partial charge is 0.508 e. The van der Waals surface area contributed by atoms with Crippen LogP contribution in [0.5, 0.6) is 5.75 Å². The Balaban J connectivity index is 1.22. The second-order valence-electron chi connectivity index (χ2n) is 23.9. The SMILES string of the molecule is CCNC(=O)C1CCCN1C(=O)[C@H](CCCN=C(N)N)CC(=O)[C@@H](CC(=O)[C@H](CC(=O)[C@H](Cc1ccc(O)cc1)NC(=O)[C@H](CO)NC(=O)[C@H](CC1=CCc2ccccc21)NC(=O)[C@H](Cc1cnc[nH]1)NC(=O)[C@@H]1CCC(=O)N1)CC(C)C)CC(C)C. The molecule has 24 heteroatoms. The number of phenols is 1. The minimum Gasteiger partial charge on any atom is -0.508 e. The maximum Gasteiger partial charge on any atom is 0.245 e. The number of aromatic hydroxyl groups is 1. The number of Topliss-reactive ketones (excluding diaryl/α,β-unsaturated/α-hetero) is 3. The van der Waals surface area contributed by atoms with Crippen LogP contribution in [0.3, 0.4) is 0 Å². The Labute approximate surface area is 508 Å². The molecular formula is C63H88N12O12. The number of aliphatic imine (C=N–C) groups is 1. The number of ketones is 3. The predicted molar refractivity (Wildman–Crippen MR) is 324 cm³/mol. The number of nitrogens with one attached hydrogen (secondary N) is 7. The van der Waals surface area contributed by atoms with E-state index in [2.05, 4.69) is 46.9 Å². The topological polar surface area (TPSA) is 380 Å². The summed E-state index contributed by atoms with van der Waals surface area (Å²) in [7, 11) is 0. The molecule has 0 spiro atoms. The van der Waals surface area contributed by atoms with Gasteiger partial charge in [-0.1, -0.05) is 70.2 Å². The van der Waals surface area contributed by atoms with E-state index < -0.39 is 90.0 Å². The first-order valence-electron chi connectivity index (χ1n) is 30.4. The molecule has 1 unspecified atom stereocenters. The number of allylic oxidation sites excluding steroid dienone is 1. The van der Waals surface area contributed by atoms with Gasteiger partial charge in [0.1, 0.15) is 47.5 Å². The van der Waals surface area contributed by atoms with E-state index in [1.54, 1.807) is 24.0 Å². The van der Waals surface area contributed by atoms with E-state index in [1.165, 1.54) is 24.7 Å². The first-order valence-corrected chi connectivity index (χ1v) is 30.4. The van der Waals surface area contributed by atoms with Gasteiger partial charge in [0.15, 0.2) is 11.7 Å². The van der Waals surface area contributed by atoms with Crippen LogP contribution in [0, 0.1) is 29.6 Å². The van der Waals surface area contributed by atoms with Gasteiger partial charge in [0.25, 0.3) is 0 Å². The van der Waals surface area contributed by atoms with Crippen molar-refractivity contribution in [2.24, 2.45) is 46.0 Å². The third-order valence-electron chi connectivity index (χ3n) is 16.1. The number of phenolic OH excluding ortho intramolecular Hbond substituents is 1. The lowest BCUT2D eigenvalue weighted by Crippen LogP contribution is -2.59. The zero-order valence-electron chi connectivity index (χ0n) is 50.6. The third kappa shape index (κ3) is 20.4. The molecule has 3 heterocycles. The molecule has 0 saturated carbocycles. The molecule has 9 atom stereocenters. The number of nitrogens with zero attached hydrogens (tertiary/aromatic N) is 3. The number of H-pyrrole nitrogens is 1. The summed E-state index contributed by atoms with van der Waals surface area (Å²) >= 11 is 0. The molecule has 6 rings (SSSR count). The summed E-state index contributed by atoms with van der Waals surface area (Å²) in [5.74, 6) is -8.30. The number of guanidine groups is 1. The number of rotatable bonds is 35. The molecule has 1 aromatic heterocycles. The van der Waals surface area contributed by atoms with Gasteiger partial charge in [0.05, 0.1) is 19.0 Å². The zero-order chi connectivity index (χ0) is 63.3. The lowest BCUT2D eigenvalue weighted by molar-refractivity contribution is -0.143. The molecule has 0 radical (unpaired) electrons. The molecule has 1 aliphatic carbocycles. The summed E-state index contributed by atoms with van der Waals surface area (Å²) in [6, 6.07) is 6.18. The number of aliphatic hydroxyl groups is 1. The fourth-order valence-electron chi connectivity index (χ4n) is 11.7. The van der Waals surface area contributed by atoms with Crippen molar-refractivity contribution in [3.05, 3.63) is 89.5 Å². The van der Waals surface area contributed by atoms with E-state index >= 15 is 0 Å². The second-order valence-corrected chi connectivity index (χ2v) is 23.9. The first-order chi connectivity index (χ1) is 41.5. The van der Waals surface area contributed by atoms with Crippen molar-refractivity contribution in [1.82, 2.24) is 46.8 Å². The smallest absolute Gasteiger partial charge is 0.245 e. The fraction of sp³-hybridized carbons (Fsp3) is 0.556. The lowest BCUT2D eigenvalue weighted by atomic mass is 9.79. The van der Waals surface area contributed by atoms with Gasteiger partial charge in [-0.15, -0.1) is 0 Å². The Morgan fingerprint density at radius 1 is 0.747 bits per heavy atom. The normalized spacial score (nSPS) is 17.8. The van der Waals surface area contributed by atoms with Crippen LogP contribution in [0.15, 0.2) is 72.1 Å². The van der Waals surface area contributed by atoms with Crippen LogP contribution < -0.4 is 43.4 Å². The number of carbonyl (C=O) groups excluding carboxylic acids is 10. The number of benzene rings is 2. The summed E-state index contributed by atoms with van der Waals surface area (Å²) in [5.41, 5.74) is 14.7. The summed E-state index contributed by atoms with van der Waals surface area (Å²) in [6.45, 7) is 9.40. The van der Waals surface area contributed by atoms with Crippen molar-refractivity contribution in [1.29, 1.82) is 0 Å². The number of nitrogens with two attached hydrogens (primary N) is 2. The number of fused-ring (bicyclic) bond motifs is 1. The summed E-state index contributed by atoms with van der Waals surface area (Å²) in [4.78, 5) is 153. The number of imidazole rings is 1. The Morgan fingerprint density at radius 2 is 1.37 bits per heavy atom. The van der Waals surface area contributed by atoms with E-state index in [0.29, 0.717) is 62.0 Å². The molecule has 2 aromatic carbocycles. The van der Waals surface area contributed by atoms with E-state index in [1.807, 2.05) is 58.0 Å². The molecule has 2 fully saturated rings.